The van der Waals surface area contributed by atoms with Gasteiger partial charge in [0.2, 0.25) is 0 Å². The molecule has 2 nitrogen and oxygen atoms in total. The van der Waals surface area contributed by atoms with Crippen molar-refractivity contribution in [3.63, 3.8) is 0 Å². The molecule has 0 spiro atoms. The van der Waals surface area contributed by atoms with E-state index in [2.05, 4.69) is 10.3 Å². The normalized spacial score (nSPS) is 12.6. The van der Waals surface area contributed by atoms with Gasteiger partial charge in [-0.15, -0.1) is 0 Å². The summed E-state index contributed by atoms with van der Waals surface area (Å²) < 4.78 is 0. The van der Waals surface area contributed by atoms with Gasteiger partial charge in [-0.1, -0.05) is 17.7 Å². The van der Waals surface area contributed by atoms with E-state index < -0.39 is 0 Å². The molecule has 0 aliphatic rings. The molecule has 8 heavy (non-hydrogen) atoms. The van der Waals surface area contributed by atoms with Gasteiger partial charge in [0.05, 0.1) is 6.34 Å². The number of hydrogen-bond donors (Lipinski definition) is 1. The van der Waals surface area contributed by atoms with E-state index in [0.717, 1.165) is 0 Å². The molecule has 0 saturated heterocycles. The van der Waals surface area contributed by atoms with Gasteiger partial charge in [-0.3, -0.25) is 4.99 Å². The molecule has 0 radical (unpaired) electrons. The minimum atomic E-state index is 0.593. The third kappa shape index (κ3) is 3.68. The molecule has 0 amide bonds. The topological polar surface area (TPSA) is 24.4 Å². The van der Waals surface area contributed by atoms with Gasteiger partial charge in [0.25, 0.3) is 0 Å². The van der Waals surface area contributed by atoms with Gasteiger partial charge in [0, 0.05) is 7.05 Å². The predicted molar refractivity (Wildman–Crippen MR) is 37.2 cm³/mol. The van der Waals surface area contributed by atoms with Crippen LogP contribution in [-0.2, 0) is 0 Å². The number of rotatable bonds is 2. The average molecular weight is 133 g/mol. The summed E-state index contributed by atoms with van der Waals surface area (Å²) in [6, 6.07) is 0. The summed E-state index contributed by atoms with van der Waals surface area (Å²) in [5.41, 5.74) is 0. The molecule has 0 atom stereocenters. The smallest absolute Gasteiger partial charge is 0.102 e. The Morgan fingerprint density at radius 1 is 1.75 bits per heavy atom. The van der Waals surface area contributed by atoms with Crippen molar-refractivity contribution in [2.24, 2.45) is 4.99 Å². The fourth-order valence-corrected chi connectivity index (χ4v) is 0.258. The second-order valence-electron chi connectivity index (χ2n) is 1.17. The number of hydrogen-bond acceptors (Lipinski definition) is 1. The third-order valence-electron chi connectivity index (χ3n) is 0.585. The van der Waals surface area contributed by atoms with Crippen molar-refractivity contribution in [2.45, 2.75) is 6.92 Å². The maximum atomic E-state index is 5.50. The summed E-state index contributed by atoms with van der Waals surface area (Å²) in [5.74, 6) is 0. The van der Waals surface area contributed by atoms with Gasteiger partial charge in [-0.2, -0.15) is 0 Å². The summed E-state index contributed by atoms with van der Waals surface area (Å²) in [6.45, 7) is 1.85. The first kappa shape index (κ1) is 7.50. The van der Waals surface area contributed by atoms with Gasteiger partial charge >= 0.3 is 0 Å². The van der Waals surface area contributed by atoms with Gasteiger partial charge < -0.3 is 5.32 Å². The van der Waals surface area contributed by atoms with Crippen LogP contribution in [-0.4, -0.2) is 13.4 Å². The molecule has 0 aliphatic heterocycles. The molecule has 46 valence electrons. The average Bonchev–Trinajstić information content (AvgIpc) is 1.83. The Kier molecular flexibility index (Phi) is 4.36. The predicted octanol–water partition coefficient (Wildman–Crippen LogP) is 1.33. The molecule has 1 N–H and O–H groups in total. The molecule has 0 aromatic heterocycles. The maximum absolute atomic E-state index is 5.50. The minimum absolute atomic E-state index is 0.593. The second kappa shape index (κ2) is 4.65. The first-order valence-electron chi connectivity index (χ1n) is 2.30. The molecule has 0 fully saturated rings. The Morgan fingerprint density at radius 2 is 2.38 bits per heavy atom. The lowest BCUT2D eigenvalue weighted by Crippen LogP contribution is -2.04. The summed E-state index contributed by atoms with van der Waals surface area (Å²) >= 11 is 5.50. The zero-order valence-electron chi connectivity index (χ0n) is 4.98. The summed E-state index contributed by atoms with van der Waals surface area (Å²) in [5, 5.41) is 3.31. The van der Waals surface area contributed by atoms with Crippen LogP contribution in [0.3, 0.4) is 0 Å². The van der Waals surface area contributed by atoms with Crippen LogP contribution < -0.4 is 5.32 Å². The highest BCUT2D eigenvalue weighted by molar-refractivity contribution is 6.29. The van der Waals surface area contributed by atoms with E-state index in [-0.39, 0.29) is 0 Å². The van der Waals surface area contributed by atoms with E-state index in [1.807, 2.05) is 6.92 Å². The molecular formula is C5H9ClN2. The number of nitrogens with one attached hydrogen (secondary N) is 1. The van der Waals surface area contributed by atoms with Crippen LogP contribution in [0.25, 0.3) is 0 Å². The van der Waals surface area contributed by atoms with E-state index in [0.29, 0.717) is 5.16 Å². The first-order valence-corrected chi connectivity index (χ1v) is 2.68. The van der Waals surface area contributed by atoms with E-state index in [1.54, 1.807) is 13.1 Å². The first-order chi connectivity index (χ1) is 3.81. The van der Waals surface area contributed by atoms with Crippen molar-refractivity contribution in [2.75, 3.05) is 7.05 Å². The maximum Gasteiger partial charge on any atom is 0.102 e. The summed E-state index contributed by atoms with van der Waals surface area (Å²) in [6.07, 6.45) is 3.28. The van der Waals surface area contributed by atoms with E-state index in [1.165, 1.54) is 6.34 Å². The lowest BCUT2D eigenvalue weighted by Gasteiger charge is -1.91. The van der Waals surface area contributed by atoms with Gasteiger partial charge in [-0.25, -0.2) is 0 Å². The van der Waals surface area contributed by atoms with Crippen molar-refractivity contribution >= 4 is 17.9 Å². The lowest BCUT2D eigenvalue weighted by molar-refractivity contribution is 1.24. The van der Waals surface area contributed by atoms with Crippen LogP contribution in [0.5, 0.6) is 0 Å². The van der Waals surface area contributed by atoms with Crippen LogP contribution >= 0.6 is 11.6 Å². The molecule has 0 aromatic carbocycles. The molecule has 3 heteroatoms. The number of halogens is 1. The molecule has 0 rings (SSSR count). The Morgan fingerprint density at radius 3 is 2.75 bits per heavy atom. The Labute approximate surface area is 54.3 Å². The Hall–Kier alpha value is -0.500. The highest BCUT2D eigenvalue weighted by Crippen LogP contribution is 1.90. The van der Waals surface area contributed by atoms with E-state index >= 15 is 0 Å². The molecule has 0 heterocycles. The van der Waals surface area contributed by atoms with Crippen molar-refractivity contribution in [3.8, 4) is 0 Å². The number of allylic oxidation sites excluding steroid dienone is 1. The Balaban J connectivity index is 3.40. The molecule has 0 aromatic rings. The quantitative estimate of drug-likeness (QED) is 0.342. The third-order valence-corrected chi connectivity index (χ3v) is 0.912. The van der Waals surface area contributed by atoms with Gasteiger partial charge in [-0.05, 0) is 6.92 Å². The summed E-state index contributed by atoms with van der Waals surface area (Å²) in [4.78, 5) is 3.66. The lowest BCUT2D eigenvalue weighted by atomic mass is 10.7. The van der Waals surface area contributed by atoms with Crippen LogP contribution in [0.4, 0.5) is 0 Å². The SMILES string of the molecule is C/C=C(/Cl)NC=NC. The fourth-order valence-electron chi connectivity index (χ4n) is 0.210. The van der Waals surface area contributed by atoms with Crippen molar-refractivity contribution in [3.05, 3.63) is 11.2 Å². The van der Waals surface area contributed by atoms with Crippen molar-refractivity contribution < 1.29 is 0 Å². The van der Waals surface area contributed by atoms with Crippen molar-refractivity contribution in [1.82, 2.24) is 5.32 Å². The van der Waals surface area contributed by atoms with E-state index in [9.17, 15) is 0 Å². The molecule has 0 bridgehead atoms. The van der Waals surface area contributed by atoms with Crippen LogP contribution in [0.2, 0.25) is 0 Å². The second-order valence-corrected chi connectivity index (χ2v) is 1.58. The van der Waals surface area contributed by atoms with Crippen LogP contribution in [0, 0.1) is 0 Å². The Bertz CT molecular complexity index is 107. The molecule has 0 saturated carbocycles. The van der Waals surface area contributed by atoms with Gasteiger partial charge in [0.1, 0.15) is 5.16 Å². The molecule has 0 unspecified atom stereocenters. The molecule has 0 aliphatic carbocycles. The molecular weight excluding hydrogens is 124 g/mol. The van der Waals surface area contributed by atoms with Crippen LogP contribution in [0.15, 0.2) is 16.2 Å². The largest absolute Gasteiger partial charge is 0.338 e. The van der Waals surface area contributed by atoms with Gasteiger partial charge in [0.15, 0.2) is 0 Å². The highest BCUT2D eigenvalue weighted by atomic mass is 35.5. The van der Waals surface area contributed by atoms with Crippen molar-refractivity contribution in [1.29, 1.82) is 0 Å². The number of aliphatic imine (C=N–C) groups is 1. The van der Waals surface area contributed by atoms with E-state index in [4.69, 9.17) is 11.6 Å². The van der Waals surface area contributed by atoms with Crippen LogP contribution in [0.1, 0.15) is 6.92 Å². The standard InChI is InChI=1S/C5H9ClN2/c1-3-5(6)8-4-7-2/h3-4H,1-2H3,(H,7,8)/b5-3-. The monoisotopic (exact) mass is 132 g/mol. The minimum Gasteiger partial charge on any atom is -0.338 e. The fraction of sp³-hybridized carbons (Fsp3) is 0.400. The zero-order chi connectivity index (χ0) is 6.41. The zero-order valence-corrected chi connectivity index (χ0v) is 5.74. The summed E-state index contributed by atoms with van der Waals surface area (Å²) in [7, 11) is 1.67. The number of nitrogens with zero attached hydrogens (tertiary/aromatic N) is 1. The highest BCUT2D eigenvalue weighted by Gasteiger charge is 1.78.